The lowest BCUT2D eigenvalue weighted by atomic mass is 10.0. The number of ether oxygens (including phenoxy) is 4. The molecule has 16 heteroatoms. The number of hydrogen-bond donors (Lipinski definition) is 5. The van der Waals surface area contributed by atoms with Crippen LogP contribution in [0.1, 0.15) is 68.7 Å². The zero-order chi connectivity index (χ0) is 52.0. The van der Waals surface area contributed by atoms with E-state index in [1.807, 2.05) is 115 Å². The Morgan fingerprint density at radius 1 is 0.694 bits per heavy atom. The third kappa shape index (κ3) is 17.7. The summed E-state index contributed by atoms with van der Waals surface area (Å²) in [6, 6.07) is 41.3. The van der Waals surface area contributed by atoms with Gasteiger partial charge in [-0.15, -0.1) is 0 Å². The van der Waals surface area contributed by atoms with Crippen molar-refractivity contribution in [3.05, 3.63) is 145 Å². The number of nitrogens with two attached hydrogens (primary N) is 2. The molecule has 0 unspecified atom stereocenters. The topological polar surface area (TPSA) is 214 Å². The van der Waals surface area contributed by atoms with Crippen LogP contribution in [0.15, 0.2) is 166 Å². The van der Waals surface area contributed by atoms with Gasteiger partial charge in [0.15, 0.2) is 18.2 Å². The van der Waals surface area contributed by atoms with E-state index >= 15 is 0 Å². The third-order valence-corrected chi connectivity index (χ3v) is 10.5. The fraction of sp³-hybridized carbons (Fsp3) is 0.304. The first-order valence-electron chi connectivity index (χ1n) is 24.2. The van der Waals surface area contributed by atoms with Gasteiger partial charge < -0.3 is 56.6 Å². The highest BCUT2D eigenvalue weighted by molar-refractivity contribution is 5.74. The highest BCUT2D eigenvalue weighted by Crippen LogP contribution is 2.38. The molecule has 1 aliphatic rings. The number of hydrogen-bond acceptors (Lipinski definition) is 15. The minimum Gasteiger partial charge on any atom is -0.471 e. The first-order chi connectivity index (χ1) is 34.6. The van der Waals surface area contributed by atoms with Gasteiger partial charge in [0, 0.05) is 56.6 Å². The zero-order valence-electron chi connectivity index (χ0n) is 43.2. The maximum absolute atomic E-state index is 11.5. The molecule has 0 aliphatic carbocycles. The SMILES string of the molecule is CC(C)=CC(C)(C)[NH3+].CCCN(CC)c1ccc(N)c(O[C@@H]2Nc3cc(N=Nc4ccccc4)ccc3O2)c1.CCN(CC)c1ccc(N)c(OCNc2cc(N=Nc3ccccc3)ccc2OC(C)=O)c1. The van der Waals surface area contributed by atoms with E-state index in [0.717, 1.165) is 66.7 Å². The van der Waals surface area contributed by atoms with Crippen LogP contribution in [-0.4, -0.2) is 50.8 Å². The van der Waals surface area contributed by atoms with Crippen LogP contribution in [-0.2, 0) is 4.79 Å². The van der Waals surface area contributed by atoms with Crippen molar-refractivity contribution >= 4 is 62.8 Å². The van der Waals surface area contributed by atoms with Gasteiger partial charge in [-0.05, 0) is 146 Å². The van der Waals surface area contributed by atoms with Crippen molar-refractivity contribution in [3.63, 3.8) is 0 Å². The van der Waals surface area contributed by atoms with Gasteiger partial charge in [0.1, 0.15) is 17.0 Å². The summed E-state index contributed by atoms with van der Waals surface area (Å²) in [7, 11) is 0. The van der Waals surface area contributed by atoms with Crippen LogP contribution in [0.25, 0.3) is 0 Å². The molecule has 0 spiro atoms. The van der Waals surface area contributed by atoms with Crippen LogP contribution in [0.4, 0.5) is 56.9 Å². The number of esters is 1. The molecule has 16 nitrogen and oxygen atoms in total. The summed E-state index contributed by atoms with van der Waals surface area (Å²) < 4.78 is 23.1. The molecule has 1 atom stereocenters. The monoisotopic (exact) mass is 979 g/mol. The van der Waals surface area contributed by atoms with Gasteiger partial charge in [-0.25, -0.2) is 0 Å². The molecule has 0 bridgehead atoms. The van der Waals surface area contributed by atoms with Crippen LogP contribution in [0, 0.1) is 0 Å². The number of quaternary nitrogens is 1. The van der Waals surface area contributed by atoms with Crippen molar-refractivity contribution in [1.82, 2.24) is 0 Å². The molecule has 1 aliphatic heterocycles. The maximum atomic E-state index is 11.5. The van der Waals surface area contributed by atoms with E-state index in [2.05, 4.69) is 108 Å². The summed E-state index contributed by atoms with van der Waals surface area (Å²) in [4.78, 5) is 16.0. The number of allylic oxidation sites excluding steroid dienone is 1. The molecule has 72 heavy (non-hydrogen) atoms. The van der Waals surface area contributed by atoms with Crippen LogP contribution in [0.5, 0.6) is 23.0 Å². The standard InChI is InChI=1S/C25H29N5O3.C24H27N5O2.C7H15N/c1-4-30(5-2)21-12-13-22(26)25(16-21)32-17-27-23-15-20(11-14-24(23)33-18(3)31)29-28-19-9-7-6-8-10-19;1-3-14-29(4-2)19-11-12-20(25)23(16-19)31-24-26-21-15-18(10-13-22(21)30-24)28-27-17-8-6-5-7-9-17;1-6(2)5-7(3,4)8/h6-16,27H,4-5,17,26H2,1-3H3;5-13,15-16,24,26H,3-4,14,25H2,1-2H3;5H,8H2,1-4H3/p+1/t;24-;/m.1./s1. The Kier molecular flexibility index (Phi) is 20.8. The van der Waals surface area contributed by atoms with Crippen LogP contribution in [0.3, 0.4) is 0 Å². The number of nitrogens with zero attached hydrogens (tertiary/aromatic N) is 6. The van der Waals surface area contributed by atoms with E-state index in [1.165, 1.54) is 12.5 Å². The Balaban J connectivity index is 0.000000233. The number of carbonyl (C=O) groups is 1. The van der Waals surface area contributed by atoms with Crippen molar-refractivity contribution in [3.8, 4) is 23.0 Å². The van der Waals surface area contributed by atoms with Crippen molar-refractivity contribution in [2.24, 2.45) is 20.5 Å². The lowest BCUT2D eigenvalue weighted by Crippen LogP contribution is -2.68. The van der Waals surface area contributed by atoms with Gasteiger partial charge >= 0.3 is 12.4 Å². The molecule has 0 fully saturated rings. The number of fused-ring (bicyclic) bond motifs is 1. The van der Waals surface area contributed by atoms with E-state index < -0.39 is 12.4 Å². The molecule has 0 aromatic heterocycles. The summed E-state index contributed by atoms with van der Waals surface area (Å²) in [6.45, 7) is 22.0. The van der Waals surface area contributed by atoms with Crippen molar-refractivity contribution in [2.75, 3.05) is 64.8 Å². The molecule has 0 saturated heterocycles. The highest BCUT2D eigenvalue weighted by Gasteiger charge is 2.25. The summed E-state index contributed by atoms with van der Waals surface area (Å²) in [5.74, 6) is 1.80. The lowest BCUT2D eigenvalue weighted by molar-refractivity contribution is -0.446. The van der Waals surface area contributed by atoms with Crippen molar-refractivity contribution < 1.29 is 29.5 Å². The maximum Gasteiger partial charge on any atom is 0.325 e. The van der Waals surface area contributed by atoms with Crippen LogP contribution >= 0.6 is 0 Å². The Labute approximate surface area is 424 Å². The number of carbonyl (C=O) groups excluding carboxylic acids is 1. The molecule has 0 radical (unpaired) electrons. The van der Waals surface area contributed by atoms with Gasteiger partial charge in [-0.3, -0.25) is 4.79 Å². The molecule has 0 saturated carbocycles. The average molecular weight is 979 g/mol. The smallest absolute Gasteiger partial charge is 0.325 e. The second-order valence-corrected chi connectivity index (χ2v) is 17.6. The van der Waals surface area contributed by atoms with Crippen molar-refractivity contribution in [2.45, 2.75) is 80.7 Å². The molecule has 7 rings (SSSR count). The normalized spacial score (nSPS) is 12.5. The summed E-state index contributed by atoms with van der Waals surface area (Å²) in [6.07, 6.45) is 2.56. The average Bonchev–Trinajstić information content (AvgIpc) is 3.76. The van der Waals surface area contributed by atoms with Gasteiger partial charge in [0.25, 0.3) is 0 Å². The van der Waals surface area contributed by atoms with Crippen LogP contribution in [0.2, 0.25) is 0 Å². The lowest BCUT2D eigenvalue weighted by Gasteiger charge is -2.24. The first-order valence-corrected chi connectivity index (χ1v) is 24.2. The molecule has 6 aromatic rings. The number of azo groups is 2. The zero-order valence-corrected chi connectivity index (χ0v) is 43.2. The van der Waals surface area contributed by atoms with Gasteiger partial charge in [0.2, 0.25) is 0 Å². The van der Waals surface area contributed by atoms with Gasteiger partial charge in [0.05, 0.1) is 45.5 Å². The molecule has 380 valence electrons. The Hall–Kier alpha value is -8.11. The number of nitrogens with one attached hydrogen (secondary N) is 2. The van der Waals surface area contributed by atoms with E-state index in [9.17, 15) is 4.79 Å². The minimum atomic E-state index is -0.671. The molecule has 1 heterocycles. The quantitative estimate of drug-likeness (QED) is 0.0129. The number of benzene rings is 6. The van der Waals surface area contributed by atoms with E-state index in [1.54, 1.807) is 18.2 Å². The second kappa shape index (κ2) is 27.3. The second-order valence-electron chi connectivity index (χ2n) is 17.6. The third-order valence-electron chi connectivity index (χ3n) is 10.5. The number of anilines is 6. The molecular formula is C56H72N11O5+. The predicted molar refractivity (Wildman–Crippen MR) is 293 cm³/mol. The summed E-state index contributed by atoms with van der Waals surface area (Å²) in [5.41, 5.74) is 25.1. The predicted octanol–water partition coefficient (Wildman–Crippen LogP) is 13.0. The number of rotatable bonds is 19. The molecule has 0 amide bonds. The minimum absolute atomic E-state index is 0.110. The molecule has 6 aromatic carbocycles. The van der Waals surface area contributed by atoms with Crippen molar-refractivity contribution in [1.29, 1.82) is 0 Å². The van der Waals surface area contributed by atoms with E-state index in [-0.39, 0.29) is 12.3 Å². The Morgan fingerprint density at radius 3 is 1.78 bits per heavy atom. The Morgan fingerprint density at radius 2 is 1.24 bits per heavy atom. The first kappa shape index (κ1) is 54.8. The number of nitrogen functional groups attached to an aromatic ring is 2. The molecule has 9 N–H and O–H groups in total. The Bertz CT molecular complexity index is 2740. The highest BCUT2D eigenvalue weighted by atomic mass is 16.7. The van der Waals surface area contributed by atoms with Gasteiger partial charge in [-0.2, -0.15) is 20.5 Å². The fourth-order valence-electron chi connectivity index (χ4n) is 7.39. The fourth-order valence-corrected chi connectivity index (χ4v) is 7.39. The molecular weight excluding hydrogens is 907 g/mol. The van der Waals surface area contributed by atoms with Gasteiger partial charge in [-0.1, -0.05) is 48.9 Å². The largest absolute Gasteiger partial charge is 0.471 e. The summed E-state index contributed by atoms with van der Waals surface area (Å²) in [5, 5.41) is 23.4. The summed E-state index contributed by atoms with van der Waals surface area (Å²) >= 11 is 0. The van der Waals surface area contributed by atoms with E-state index in [0.29, 0.717) is 45.7 Å². The van der Waals surface area contributed by atoms with Crippen LogP contribution < -0.4 is 56.6 Å². The van der Waals surface area contributed by atoms with E-state index in [4.69, 9.17) is 30.4 Å².